The molecule has 1 aromatic rings. The summed E-state index contributed by atoms with van der Waals surface area (Å²) < 4.78 is 0. The van der Waals surface area contributed by atoms with Crippen molar-refractivity contribution in [2.24, 2.45) is 5.92 Å². The lowest BCUT2D eigenvalue weighted by molar-refractivity contribution is 0.438. The summed E-state index contributed by atoms with van der Waals surface area (Å²) in [5.74, 6) is 0.719. The minimum absolute atomic E-state index is 0.435. The van der Waals surface area contributed by atoms with E-state index in [9.17, 15) is 0 Å². The zero-order valence-corrected chi connectivity index (χ0v) is 12.5. The van der Waals surface area contributed by atoms with Gasteiger partial charge in [0, 0.05) is 4.88 Å². The van der Waals surface area contributed by atoms with Crippen LogP contribution in [0.2, 0.25) is 5.02 Å². The van der Waals surface area contributed by atoms with Crippen molar-refractivity contribution >= 4 is 38.9 Å². The minimum Gasteiger partial charge on any atom is -0.146 e. The summed E-state index contributed by atoms with van der Waals surface area (Å²) in [6.07, 6.45) is 5.04. The van der Waals surface area contributed by atoms with Crippen molar-refractivity contribution in [3.8, 4) is 0 Å². The molecule has 0 bridgehead atoms. The first-order valence-electron chi connectivity index (χ1n) is 5.57. The molecule has 0 saturated carbocycles. The Balaban J connectivity index is 2.71. The molecule has 0 amide bonds. The predicted octanol–water partition coefficient (Wildman–Crippen LogP) is 6.05. The molecule has 1 heterocycles. The van der Waals surface area contributed by atoms with Crippen molar-refractivity contribution in [1.29, 1.82) is 0 Å². The van der Waals surface area contributed by atoms with Crippen LogP contribution in [-0.4, -0.2) is 0 Å². The number of rotatable bonds is 6. The Bertz CT molecular complexity index is 279. The third kappa shape index (κ3) is 3.76. The summed E-state index contributed by atoms with van der Waals surface area (Å²) in [5.41, 5.74) is 0. The van der Waals surface area contributed by atoms with Gasteiger partial charge >= 0.3 is 0 Å². The summed E-state index contributed by atoms with van der Waals surface area (Å²) in [7, 11) is 0. The Morgan fingerprint density at radius 1 is 1.33 bits per heavy atom. The van der Waals surface area contributed by atoms with Crippen LogP contribution in [0.5, 0.6) is 0 Å². The molecule has 1 rings (SSSR count). The fourth-order valence-corrected chi connectivity index (χ4v) is 4.37. The van der Waals surface area contributed by atoms with Crippen LogP contribution in [0, 0.1) is 5.92 Å². The van der Waals surface area contributed by atoms with Crippen LogP contribution in [-0.2, 0) is 0 Å². The molecule has 15 heavy (non-hydrogen) atoms. The highest BCUT2D eigenvalue weighted by Gasteiger charge is 2.22. The van der Waals surface area contributed by atoms with Gasteiger partial charge in [0.1, 0.15) is 0 Å². The maximum absolute atomic E-state index is 6.16. The van der Waals surface area contributed by atoms with Crippen LogP contribution in [0.3, 0.4) is 0 Å². The number of hydrogen-bond donors (Lipinski definition) is 0. The fourth-order valence-electron chi connectivity index (χ4n) is 1.89. The smallest absolute Gasteiger partial charge is 0.0556 e. The van der Waals surface area contributed by atoms with Gasteiger partial charge in [-0.1, -0.05) is 54.2 Å². The van der Waals surface area contributed by atoms with Crippen LogP contribution in [0.15, 0.2) is 11.4 Å². The van der Waals surface area contributed by atoms with E-state index in [0.29, 0.717) is 4.83 Å². The highest BCUT2D eigenvalue weighted by Crippen LogP contribution is 2.42. The van der Waals surface area contributed by atoms with E-state index in [1.54, 1.807) is 11.3 Å². The van der Waals surface area contributed by atoms with Crippen LogP contribution in [0.4, 0.5) is 0 Å². The standard InChI is InChI=1S/C12H18BrClS/c1-3-5-9(6-4-2)11(13)12-10(14)7-8-15-12/h7-9,11H,3-6H2,1-2H3. The Hall–Kier alpha value is 0.470. The number of alkyl halides is 1. The van der Waals surface area contributed by atoms with E-state index >= 15 is 0 Å². The molecule has 0 aliphatic rings. The van der Waals surface area contributed by atoms with Gasteiger partial charge in [-0.15, -0.1) is 11.3 Å². The third-order valence-corrected chi connectivity index (χ3v) is 5.58. The van der Waals surface area contributed by atoms with E-state index in [1.165, 1.54) is 30.6 Å². The zero-order chi connectivity index (χ0) is 11.3. The summed E-state index contributed by atoms with van der Waals surface area (Å²) in [6.45, 7) is 4.50. The van der Waals surface area contributed by atoms with Gasteiger partial charge < -0.3 is 0 Å². The zero-order valence-electron chi connectivity index (χ0n) is 9.30. The van der Waals surface area contributed by atoms with E-state index in [1.807, 2.05) is 6.07 Å². The van der Waals surface area contributed by atoms with E-state index in [2.05, 4.69) is 35.2 Å². The van der Waals surface area contributed by atoms with E-state index in [0.717, 1.165) is 10.9 Å². The van der Waals surface area contributed by atoms with Crippen LogP contribution in [0.1, 0.15) is 49.2 Å². The lowest BCUT2D eigenvalue weighted by atomic mass is 9.94. The second-order valence-corrected chi connectivity index (χ2v) is 6.21. The van der Waals surface area contributed by atoms with Crippen molar-refractivity contribution < 1.29 is 0 Å². The van der Waals surface area contributed by atoms with Gasteiger partial charge in [0.15, 0.2) is 0 Å². The monoisotopic (exact) mass is 308 g/mol. The molecule has 86 valence electrons. The Morgan fingerprint density at radius 3 is 2.33 bits per heavy atom. The van der Waals surface area contributed by atoms with Gasteiger partial charge in [-0.05, 0) is 30.2 Å². The largest absolute Gasteiger partial charge is 0.146 e. The first-order valence-corrected chi connectivity index (χ1v) is 7.75. The molecule has 0 radical (unpaired) electrons. The number of thiophene rings is 1. The second kappa shape index (κ2) is 6.93. The average molecular weight is 310 g/mol. The molecule has 1 aromatic heterocycles. The van der Waals surface area contributed by atoms with E-state index in [-0.39, 0.29) is 0 Å². The van der Waals surface area contributed by atoms with Crippen LogP contribution < -0.4 is 0 Å². The average Bonchev–Trinajstić information content (AvgIpc) is 2.63. The van der Waals surface area contributed by atoms with Gasteiger partial charge in [-0.25, -0.2) is 0 Å². The van der Waals surface area contributed by atoms with E-state index < -0.39 is 0 Å². The Labute approximate surface area is 110 Å². The molecule has 1 unspecified atom stereocenters. The predicted molar refractivity (Wildman–Crippen MR) is 74.3 cm³/mol. The molecule has 0 saturated heterocycles. The van der Waals surface area contributed by atoms with Crippen LogP contribution in [0.25, 0.3) is 0 Å². The maximum atomic E-state index is 6.16. The van der Waals surface area contributed by atoms with Crippen molar-refractivity contribution in [3.05, 3.63) is 21.3 Å². The quantitative estimate of drug-likeness (QED) is 0.561. The number of hydrogen-bond acceptors (Lipinski definition) is 1. The van der Waals surface area contributed by atoms with Gasteiger partial charge in [0.2, 0.25) is 0 Å². The van der Waals surface area contributed by atoms with Gasteiger partial charge in [0.05, 0.1) is 9.85 Å². The fraction of sp³-hybridized carbons (Fsp3) is 0.667. The molecule has 0 aromatic carbocycles. The molecule has 0 N–H and O–H groups in total. The molecule has 0 fully saturated rings. The molecule has 3 heteroatoms. The lowest BCUT2D eigenvalue weighted by Gasteiger charge is -2.21. The highest BCUT2D eigenvalue weighted by molar-refractivity contribution is 9.09. The van der Waals surface area contributed by atoms with Crippen molar-refractivity contribution in [1.82, 2.24) is 0 Å². The third-order valence-electron chi connectivity index (χ3n) is 2.63. The normalized spacial score (nSPS) is 13.4. The highest BCUT2D eigenvalue weighted by atomic mass is 79.9. The van der Waals surface area contributed by atoms with Gasteiger partial charge in [0.25, 0.3) is 0 Å². The molecule has 0 aliphatic heterocycles. The molecule has 0 nitrogen and oxygen atoms in total. The van der Waals surface area contributed by atoms with E-state index in [4.69, 9.17) is 11.6 Å². The first-order chi connectivity index (χ1) is 7.20. The maximum Gasteiger partial charge on any atom is 0.0556 e. The van der Waals surface area contributed by atoms with Crippen LogP contribution >= 0.6 is 38.9 Å². The molecular formula is C12H18BrClS. The lowest BCUT2D eigenvalue weighted by Crippen LogP contribution is -2.06. The Morgan fingerprint density at radius 2 is 1.93 bits per heavy atom. The first kappa shape index (κ1) is 13.5. The number of halogens is 2. The molecule has 1 atom stereocenters. The summed E-state index contributed by atoms with van der Waals surface area (Å²) in [5, 5.41) is 2.99. The SMILES string of the molecule is CCCC(CCC)C(Br)c1sccc1Cl. The topological polar surface area (TPSA) is 0 Å². The summed E-state index contributed by atoms with van der Waals surface area (Å²) >= 11 is 11.7. The van der Waals surface area contributed by atoms with Crippen molar-refractivity contribution in [2.75, 3.05) is 0 Å². The molecule has 0 spiro atoms. The Kier molecular flexibility index (Phi) is 6.25. The van der Waals surface area contributed by atoms with Gasteiger partial charge in [-0.2, -0.15) is 0 Å². The summed E-state index contributed by atoms with van der Waals surface area (Å²) in [4.78, 5) is 1.73. The molecule has 0 aliphatic carbocycles. The second-order valence-electron chi connectivity index (χ2n) is 3.87. The van der Waals surface area contributed by atoms with Crippen molar-refractivity contribution in [2.45, 2.75) is 44.4 Å². The summed E-state index contributed by atoms with van der Waals surface area (Å²) in [6, 6.07) is 1.99. The van der Waals surface area contributed by atoms with Gasteiger partial charge in [-0.3, -0.25) is 0 Å². The van der Waals surface area contributed by atoms with Crippen molar-refractivity contribution in [3.63, 3.8) is 0 Å². The minimum atomic E-state index is 0.435. The molecular weight excluding hydrogens is 292 g/mol.